The van der Waals surface area contributed by atoms with E-state index >= 15 is 0 Å². The number of rotatable bonds is 4. The molecule has 0 aromatic carbocycles. The van der Waals surface area contributed by atoms with Crippen molar-refractivity contribution in [3.8, 4) is 0 Å². The smallest absolute Gasteiger partial charge is 0.135 e. The Labute approximate surface area is 66.9 Å². The summed E-state index contributed by atoms with van der Waals surface area (Å²) in [6.45, 7) is 5.83. The van der Waals surface area contributed by atoms with Crippen LogP contribution in [0.4, 0.5) is 0 Å². The van der Waals surface area contributed by atoms with Crippen LogP contribution in [0.15, 0.2) is 12.2 Å². The van der Waals surface area contributed by atoms with Gasteiger partial charge in [-0.15, -0.1) is 11.8 Å². The van der Waals surface area contributed by atoms with Crippen LogP contribution in [-0.2, 0) is 4.79 Å². The summed E-state index contributed by atoms with van der Waals surface area (Å²) in [4.78, 5) is 10.4. The van der Waals surface area contributed by atoms with Crippen molar-refractivity contribution in [1.29, 1.82) is 0 Å². The quantitative estimate of drug-likeness (QED) is 0.461. The molecule has 0 bridgehead atoms. The van der Waals surface area contributed by atoms with Crippen LogP contribution in [0, 0.1) is 0 Å². The van der Waals surface area contributed by atoms with E-state index in [0.717, 1.165) is 12.0 Å². The Hall–Kier alpha value is -0.240. The van der Waals surface area contributed by atoms with E-state index in [0.29, 0.717) is 0 Å². The molecular weight excluding hydrogens is 144 g/mol. The molecule has 0 heterocycles. The van der Waals surface area contributed by atoms with Gasteiger partial charge in [-0.25, -0.2) is 0 Å². The number of aldehydes is 1. The second kappa shape index (κ2) is 4.56. The fourth-order valence-electron chi connectivity index (χ4n) is 0.393. The number of hydrogen-bond donors (Lipinski definition) is 0. The fraction of sp³-hybridized carbons (Fsp3) is 0.625. The van der Waals surface area contributed by atoms with Gasteiger partial charge in [0.1, 0.15) is 6.29 Å². The lowest BCUT2D eigenvalue weighted by Gasteiger charge is -2.13. The number of hydrogen-bond acceptors (Lipinski definition) is 2. The molecule has 2 heteroatoms. The Bertz CT molecular complexity index is 127. The Morgan fingerprint density at radius 1 is 1.50 bits per heavy atom. The zero-order valence-corrected chi connectivity index (χ0v) is 7.57. The first-order chi connectivity index (χ1) is 4.62. The molecule has 0 N–H and O–H groups in total. The number of thioether (sulfide) groups is 1. The predicted octanol–water partition coefficient (Wildman–Crippen LogP) is 2.27. The highest BCUT2D eigenvalue weighted by Crippen LogP contribution is 2.21. The van der Waals surface area contributed by atoms with Gasteiger partial charge < -0.3 is 4.79 Å². The van der Waals surface area contributed by atoms with Gasteiger partial charge in [0, 0.05) is 5.75 Å². The van der Waals surface area contributed by atoms with Crippen molar-refractivity contribution in [2.45, 2.75) is 25.5 Å². The highest BCUT2D eigenvalue weighted by molar-refractivity contribution is 8.01. The molecule has 58 valence electrons. The van der Waals surface area contributed by atoms with Gasteiger partial charge in [0.25, 0.3) is 0 Å². The van der Waals surface area contributed by atoms with Crippen LogP contribution in [0.3, 0.4) is 0 Å². The molecule has 0 atom stereocenters. The molecule has 0 saturated heterocycles. The third kappa shape index (κ3) is 4.62. The molecule has 0 aromatic rings. The van der Waals surface area contributed by atoms with E-state index < -0.39 is 0 Å². The maximum Gasteiger partial charge on any atom is 0.135 e. The zero-order valence-electron chi connectivity index (χ0n) is 6.76. The van der Waals surface area contributed by atoms with Crippen molar-refractivity contribution >= 4 is 18.0 Å². The standard InChI is InChI=1S/C8H14OS/c1-4-5-6-10-8(2,3)7-9/h4-5,7H,6H2,1-3H3/b5-4+. The predicted molar refractivity (Wildman–Crippen MR) is 47.4 cm³/mol. The molecule has 0 rings (SSSR count). The topological polar surface area (TPSA) is 17.1 Å². The Morgan fingerprint density at radius 3 is 2.50 bits per heavy atom. The normalized spacial score (nSPS) is 12.3. The average Bonchev–Trinajstić information content (AvgIpc) is 1.89. The second-order valence-corrected chi connectivity index (χ2v) is 4.28. The van der Waals surface area contributed by atoms with Crippen LogP contribution in [0.2, 0.25) is 0 Å². The number of allylic oxidation sites excluding steroid dienone is 1. The lowest BCUT2D eigenvalue weighted by atomic mass is 10.2. The fourth-order valence-corrected chi connectivity index (χ4v) is 1.18. The monoisotopic (exact) mass is 158 g/mol. The zero-order chi connectivity index (χ0) is 8.04. The first-order valence-electron chi connectivity index (χ1n) is 3.34. The third-order valence-corrected chi connectivity index (χ3v) is 2.27. The molecule has 10 heavy (non-hydrogen) atoms. The molecule has 0 aromatic heterocycles. The summed E-state index contributed by atoms with van der Waals surface area (Å²) >= 11 is 1.65. The van der Waals surface area contributed by atoms with Gasteiger partial charge in [0.15, 0.2) is 0 Å². The van der Waals surface area contributed by atoms with E-state index in [9.17, 15) is 4.79 Å². The number of carbonyl (C=O) groups is 1. The Kier molecular flexibility index (Phi) is 4.45. The average molecular weight is 158 g/mol. The highest BCUT2D eigenvalue weighted by atomic mass is 32.2. The minimum atomic E-state index is -0.223. The minimum Gasteiger partial charge on any atom is -0.302 e. The molecule has 0 radical (unpaired) electrons. The van der Waals surface area contributed by atoms with E-state index in [1.54, 1.807) is 11.8 Å². The molecule has 0 unspecified atom stereocenters. The summed E-state index contributed by atoms with van der Waals surface area (Å²) in [6.07, 6.45) is 5.03. The van der Waals surface area contributed by atoms with Crippen molar-refractivity contribution in [3.05, 3.63) is 12.2 Å². The van der Waals surface area contributed by atoms with Crippen molar-refractivity contribution in [2.24, 2.45) is 0 Å². The SMILES string of the molecule is C/C=C/CSC(C)(C)C=O. The van der Waals surface area contributed by atoms with Crippen molar-refractivity contribution in [3.63, 3.8) is 0 Å². The van der Waals surface area contributed by atoms with E-state index in [2.05, 4.69) is 6.08 Å². The number of carbonyl (C=O) groups excluding carboxylic acids is 1. The molecule has 0 fully saturated rings. The maximum atomic E-state index is 10.4. The van der Waals surface area contributed by atoms with Crippen LogP contribution in [0.25, 0.3) is 0 Å². The molecule has 0 spiro atoms. The second-order valence-electron chi connectivity index (χ2n) is 2.60. The highest BCUT2D eigenvalue weighted by Gasteiger charge is 2.14. The van der Waals surface area contributed by atoms with Gasteiger partial charge in [-0.3, -0.25) is 0 Å². The maximum absolute atomic E-state index is 10.4. The molecule has 1 nitrogen and oxygen atoms in total. The van der Waals surface area contributed by atoms with Crippen molar-refractivity contribution < 1.29 is 4.79 Å². The summed E-state index contributed by atoms with van der Waals surface area (Å²) < 4.78 is -0.223. The van der Waals surface area contributed by atoms with Gasteiger partial charge in [-0.2, -0.15) is 0 Å². The van der Waals surface area contributed by atoms with E-state index in [4.69, 9.17) is 0 Å². The van der Waals surface area contributed by atoms with Crippen molar-refractivity contribution in [1.82, 2.24) is 0 Å². The Morgan fingerprint density at radius 2 is 2.10 bits per heavy atom. The van der Waals surface area contributed by atoms with Gasteiger partial charge in [-0.1, -0.05) is 12.2 Å². The molecule has 0 aliphatic rings. The first kappa shape index (κ1) is 9.76. The Balaban J connectivity index is 3.56. The van der Waals surface area contributed by atoms with E-state index in [1.165, 1.54) is 0 Å². The van der Waals surface area contributed by atoms with Gasteiger partial charge in [0.2, 0.25) is 0 Å². The van der Waals surface area contributed by atoms with Gasteiger partial charge in [-0.05, 0) is 20.8 Å². The molecule has 0 saturated carbocycles. The largest absolute Gasteiger partial charge is 0.302 e. The van der Waals surface area contributed by atoms with Crippen LogP contribution < -0.4 is 0 Å². The van der Waals surface area contributed by atoms with E-state index in [-0.39, 0.29) is 4.75 Å². The molecule has 0 aliphatic carbocycles. The van der Waals surface area contributed by atoms with Gasteiger partial charge in [0.05, 0.1) is 4.75 Å². The van der Waals surface area contributed by atoms with Crippen LogP contribution in [0.5, 0.6) is 0 Å². The summed E-state index contributed by atoms with van der Waals surface area (Å²) in [5.41, 5.74) is 0. The summed E-state index contributed by atoms with van der Waals surface area (Å²) in [6, 6.07) is 0. The van der Waals surface area contributed by atoms with Crippen LogP contribution >= 0.6 is 11.8 Å². The lowest BCUT2D eigenvalue weighted by molar-refractivity contribution is -0.109. The van der Waals surface area contributed by atoms with Gasteiger partial charge >= 0.3 is 0 Å². The summed E-state index contributed by atoms with van der Waals surface area (Å²) in [5.74, 6) is 0.919. The molecule has 0 aliphatic heterocycles. The van der Waals surface area contributed by atoms with Crippen molar-refractivity contribution in [2.75, 3.05) is 5.75 Å². The summed E-state index contributed by atoms with van der Waals surface area (Å²) in [5, 5.41) is 0. The lowest BCUT2D eigenvalue weighted by Crippen LogP contribution is -2.16. The third-order valence-electron chi connectivity index (χ3n) is 1.07. The first-order valence-corrected chi connectivity index (χ1v) is 4.32. The molecular formula is C8H14OS. The van der Waals surface area contributed by atoms with Crippen LogP contribution in [-0.4, -0.2) is 16.8 Å². The minimum absolute atomic E-state index is 0.223. The summed E-state index contributed by atoms with van der Waals surface area (Å²) in [7, 11) is 0. The van der Waals surface area contributed by atoms with Crippen LogP contribution in [0.1, 0.15) is 20.8 Å². The van der Waals surface area contributed by atoms with E-state index in [1.807, 2.05) is 26.8 Å². The molecule has 0 amide bonds.